The van der Waals surface area contributed by atoms with Gasteiger partial charge in [-0.05, 0) is 37.6 Å². The third kappa shape index (κ3) is 3.46. The van der Waals surface area contributed by atoms with E-state index >= 15 is 0 Å². The highest BCUT2D eigenvalue weighted by atomic mass is 14.9. The number of nitrogens with one attached hydrogen (secondary N) is 1. The third-order valence-corrected chi connectivity index (χ3v) is 4.66. The van der Waals surface area contributed by atoms with Gasteiger partial charge in [-0.25, -0.2) is 0 Å². The Balaban J connectivity index is 1.63. The second-order valence-electron chi connectivity index (χ2n) is 5.78. The molecular weight excluding hydrogens is 196 g/mol. The van der Waals surface area contributed by atoms with Gasteiger partial charge in [0.05, 0.1) is 0 Å². The first kappa shape index (κ1) is 12.4. The zero-order chi connectivity index (χ0) is 11.2. The van der Waals surface area contributed by atoms with Gasteiger partial charge in [0, 0.05) is 12.6 Å². The molecule has 1 atom stereocenters. The SMILES string of the molecule is NCC(NCCC1CCC1)C1CCCCC1. The van der Waals surface area contributed by atoms with E-state index in [9.17, 15) is 0 Å². The highest BCUT2D eigenvalue weighted by molar-refractivity contribution is 4.81. The second kappa shape index (κ2) is 6.61. The van der Waals surface area contributed by atoms with Gasteiger partial charge < -0.3 is 11.1 Å². The van der Waals surface area contributed by atoms with Crippen LogP contribution in [0.3, 0.4) is 0 Å². The van der Waals surface area contributed by atoms with Crippen LogP contribution < -0.4 is 11.1 Å². The lowest BCUT2D eigenvalue weighted by molar-refractivity contribution is 0.249. The van der Waals surface area contributed by atoms with E-state index in [1.807, 2.05) is 0 Å². The standard InChI is InChI=1S/C14H28N2/c15-11-14(13-7-2-1-3-8-13)16-10-9-12-5-4-6-12/h12-14,16H,1-11,15H2. The molecule has 0 bridgehead atoms. The zero-order valence-electron chi connectivity index (χ0n) is 10.6. The minimum atomic E-state index is 0.598. The van der Waals surface area contributed by atoms with E-state index in [2.05, 4.69) is 5.32 Å². The molecule has 0 radical (unpaired) electrons. The second-order valence-corrected chi connectivity index (χ2v) is 5.78. The van der Waals surface area contributed by atoms with Crippen molar-refractivity contribution < 1.29 is 0 Å². The average Bonchev–Trinajstić information content (AvgIpc) is 2.28. The lowest BCUT2D eigenvalue weighted by atomic mass is 9.82. The molecule has 3 N–H and O–H groups in total. The molecule has 0 aliphatic heterocycles. The van der Waals surface area contributed by atoms with Crippen LogP contribution in [0.2, 0.25) is 0 Å². The van der Waals surface area contributed by atoms with Crippen LogP contribution in [0.4, 0.5) is 0 Å². The molecule has 0 spiro atoms. The summed E-state index contributed by atoms with van der Waals surface area (Å²) < 4.78 is 0. The first-order valence-corrected chi connectivity index (χ1v) is 7.33. The Labute approximate surface area is 100 Å². The minimum absolute atomic E-state index is 0.598. The molecule has 0 heterocycles. The van der Waals surface area contributed by atoms with E-state index in [4.69, 9.17) is 5.73 Å². The van der Waals surface area contributed by atoms with E-state index < -0.39 is 0 Å². The van der Waals surface area contributed by atoms with E-state index in [1.54, 1.807) is 0 Å². The van der Waals surface area contributed by atoms with Crippen molar-refractivity contribution in [3.8, 4) is 0 Å². The van der Waals surface area contributed by atoms with Gasteiger partial charge in [-0.3, -0.25) is 0 Å². The summed E-state index contributed by atoms with van der Waals surface area (Å²) in [7, 11) is 0. The maximum Gasteiger partial charge on any atom is 0.0218 e. The third-order valence-electron chi connectivity index (χ3n) is 4.66. The van der Waals surface area contributed by atoms with Gasteiger partial charge in [-0.15, -0.1) is 0 Å². The predicted molar refractivity (Wildman–Crippen MR) is 69.4 cm³/mol. The normalized spacial score (nSPS) is 25.3. The van der Waals surface area contributed by atoms with Crippen LogP contribution in [0.1, 0.15) is 57.8 Å². The number of rotatable bonds is 6. The highest BCUT2D eigenvalue weighted by Crippen LogP contribution is 2.29. The molecule has 2 fully saturated rings. The highest BCUT2D eigenvalue weighted by Gasteiger charge is 2.23. The van der Waals surface area contributed by atoms with Gasteiger partial charge in [0.2, 0.25) is 0 Å². The van der Waals surface area contributed by atoms with Gasteiger partial charge in [0.25, 0.3) is 0 Å². The number of hydrogen-bond donors (Lipinski definition) is 2. The van der Waals surface area contributed by atoms with E-state index in [0.29, 0.717) is 6.04 Å². The molecule has 2 rings (SSSR count). The first-order chi connectivity index (χ1) is 7.90. The van der Waals surface area contributed by atoms with Gasteiger partial charge in [0.15, 0.2) is 0 Å². The summed E-state index contributed by atoms with van der Waals surface area (Å²) >= 11 is 0. The molecule has 94 valence electrons. The van der Waals surface area contributed by atoms with Crippen molar-refractivity contribution in [2.24, 2.45) is 17.6 Å². The van der Waals surface area contributed by atoms with Crippen LogP contribution in [-0.4, -0.2) is 19.1 Å². The van der Waals surface area contributed by atoms with Crippen molar-refractivity contribution in [3.63, 3.8) is 0 Å². The Kier molecular flexibility index (Phi) is 5.11. The molecular formula is C14H28N2. The molecule has 0 aromatic carbocycles. The summed E-state index contributed by atoms with van der Waals surface area (Å²) in [6, 6.07) is 0.598. The number of nitrogens with two attached hydrogens (primary N) is 1. The van der Waals surface area contributed by atoms with Crippen molar-refractivity contribution in [1.82, 2.24) is 5.32 Å². The molecule has 0 saturated heterocycles. The summed E-state index contributed by atoms with van der Waals surface area (Å²) in [6.45, 7) is 2.03. The molecule has 2 aliphatic carbocycles. The van der Waals surface area contributed by atoms with Gasteiger partial charge in [-0.2, -0.15) is 0 Å². The summed E-state index contributed by atoms with van der Waals surface area (Å²) in [5, 5.41) is 3.71. The fraction of sp³-hybridized carbons (Fsp3) is 1.00. The first-order valence-electron chi connectivity index (χ1n) is 7.33. The van der Waals surface area contributed by atoms with Crippen molar-refractivity contribution in [2.45, 2.75) is 63.8 Å². The Morgan fingerprint density at radius 1 is 1.00 bits per heavy atom. The molecule has 2 saturated carbocycles. The maximum absolute atomic E-state index is 5.90. The smallest absolute Gasteiger partial charge is 0.0218 e. The fourth-order valence-corrected chi connectivity index (χ4v) is 3.23. The van der Waals surface area contributed by atoms with Gasteiger partial charge in [0.1, 0.15) is 0 Å². The molecule has 2 nitrogen and oxygen atoms in total. The van der Waals surface area contributed by atoms with Crippen LogP contribution >= 0.6 is 0 Å². The summed E-state index contributed by atoms with van der Waals surface area (Å²) in [4.78, 5) is 0. The van der Waals surface area contributed by atoms with Crippen molar-refractivity contribution >= 4 is 0 Å². The molecule has 1 unspecified atom stereocenters. The maximum atomic E-state index is 5.90. The molecule has 0 aromatic rings. The van der Waals surface area contributed by atoms with Crippen molar-refractivity contribution in [1.29, 1.82) is 0 Å². The molecule has 2 heteroatoms. The Bertz CT molecular complexity index is 183. The van der Waals surface area contributed by atoms with E-state index in [0.717, 1.165) is 18.4 Å². The molecule has 16 heavy (non-hydrogen) atoms. The minimum Gasteiger partial charge on any atom is -0.329 e. The van der Waals surface area contributed by atoms with Crippen molar-refractivity contribution in [2.75, 3.05) is 13.1 Å². The topological polar surface area (TPSA) is 38.0 Å². The lowest BCUT2D eigenvalue weighted by Gasteiger charge is -2.31. The van der Waals surface area contributed by atoms with Crippen LogP contribution in [-0.2, 0) is 0 Å². The van der Waals surface area contributed by atoms with E-state index in [1.165, 1.54) is 64.3 Å². The van der Waals surface area contributed by atoms with Crippen LogP contribution in [0.25, 0.3) is 0 Å². The molecule has 0 aromatic heterocycles. The lowest BCUT2D eigenvalue weighted by Crippen LogP contribution is -2.43. The average molecular weight is 224 g/mol. The number of hydrogen-bond acceptors (Lipinski definition) is 2. The van der Waals surface area contributed by atoms with E-state index in [-0.39, 0.29) is 0 Å². The Hall–Kier alpha value is -0.0800. The quantitative estimate of drug-likeness (QED) is 0.728. The molecule has 2 aliphatic rings. The Morgan fingerprint density at radius 3 is 2.31 bits per heavy atom. The monoisotopic (exact) mass is 224 g/mol. The predicted octanol–water partition coefficient (Wildman–Crippen LogP) is 2.67. The molecule has 0 amide bonds. The largest absolute Gasteiger partial charge is 0.329 e. The van der Waals surface area contributed by atoms with Crippen LogP contribution in [0.5, 0.6) is 0 Å². The zero-order valence-corrected chi connectivity index (χ0v) is 10.6. The van der Waals surface area contributed by atoms with Crippen molar-refractivity contribution in [3.05, 3.63) is 0 Å². The van der Waals surface area contributed by atoms with Crippen LogP contribution in [0, 0.1) is 11.8 Å². The summed E-state index contributed by atoms with van der Waals surface area (Å²) in [5.74, 6) is 1.89. The van der Waals surface area contributed by atoms with Crippen LogP contribution in [0.15, 0.2) is 0 Å². The summed E-state index contributed by atoms with van der Waals surface area (Å²) in [6.07, 6.45) is 12.9. The van der Waals surface area contributed by atoms with Gasteiger partial charge in [-0.1, -0.05) is 38.5 Å². The summed E-state index contributed by atoms with van der Waals surface area (Å²) in [5.41, 5.74) is 5.90. The fourth-order valence-electron chi connectivity index (χ4n) is 3.23. The Morgan fingerprint density at radius 2 is 1.75 bits per heavy atom. The van der Waals surface area contributed by atoms with Gasteiger partial charge >= 0.3 is 0 Å².